The Balaban J connectivity index is 1.79. The lowest BCUT2D eigenvalue weighted by atomic mass is 10.1. The normalized spacial score (nSPS) is 10.9. The lowest BCUT2D eigenvalue weighted by Crippen LogP contribution is -2.02. The van der Waals surface area contributed by atoms with Gasteiger partial charge in [0.15, 0.2) is 0 Å². The number of oxime groups is 1. The van der Waals surface area contributed by atoms with Gasteiger partial charge in [-0.3, -0.25) is 0 Å². The van der Waals surface area contributed by atoms with Gasteiger partial charge in [0.1, 0.15) is 5.71 Å². The first-order valence-corrected chi connectivity index (χ1v) is 9.03. The molecule has 0 aliphatic rings. The van der Waals surface area contributed by atoms with Crippen LogP contribution in [-0.4, -0.2) is 11.7 Å². The van der Waals surface area contributed by atoms with Crippen LogP contribution in [0.4, 0.5) is 0 Å². The second kappa shape index (κ2) is 9.83. The van der Waals surface area contributed by atoms with Gasteiger partial charge < -0.3 is 4.84 Å². The molecule has 3 heteroatoms. The minimum atomic E-state index is -0.487. The molecule has 0 radical (unpaired) electrons. The minimum Gasteiger partial charge on any atom is -0.312 e. The molecule has 0 aliphatic heterocycles. The Kier molecular flexibility index (Phi) is 6.69. The number of hydrogen-bond acceptors (Lipinski definition) is 3. The van der Waals surface area contributed by atoms with E-state index in [0.29, 0.717) is 11.3 Å². The zero-order valence-corrected chi connectivity index (χ0v) is 15.7. The molecule has 3 rings (SSSR count). The highest BCUT2D eigenvalue weighted by Crippen LogP contribution is 2.08. The molecule has 0 amide bonds. The van der Waals surface area contributed by atoms with Crippen LogP contribution in [0.25, 0.3) is 12.2 Å². The Morgan fingerprint density at radius 1 is 0.750 bits per heavy atom. The third-order valence-electron chi connectivity index (χ3n) is 4.01. The van der Waals surface area contributed by atoms with Crippen molar-refractivity contribution in [1.29, 1.82) is 0 Å². The van der Waals surface area contributed by atoms with E-state index in [-0.39, 0.29) is 0 Å². The number of carbonyl (C=O) groups is 1. The molecule has 0 heterocycles. The average molecular weight is 367 g/mol. The van der Waals surface area contributed by atoms with E-state index in [2.05, 4.69) is 5.16 Å². The number of benzene rings is 3. The van der Waals surface area contributed by atoms with Gasteiger partial charge in [0, 0.05) is 0 Å². The van der Waals surface area contributed by atoms with Crippen LogP contribution in [0, 0.1) is 6.92 Å². The van der Waals surface area contributed by atoms with E-state index in [1.807, 2.05) is 104 Å². The molecule has 0 fully saturated rings. The van der Waals surface area contributed by atoms with Gasteiger partial charge in [-0.05, 0) is 42.3 Å². The van der Waals surface area contributed by atoms with Crippen LogP contribution in [0.5, 0.6) is 0 Å². The van der Waals surface area contributed by atoms with Gasteiger partial charge in [0.05, 0.1) is 5.56 Å². The summed E-state index contributed by atoms with van der Waals surface area (Å²) in [5.74, 6) is -0.487. The Morgan fingerprint density at radius 3 is 1.75 bits per heavy atom. The highest BCUT2D eigenvalue weighted by Gasteiger charge is 2.06. The summed E-state index contributed by atoms with van der Waals surface area (Å²) in [5, 5.41) is 4.05. The summed E-state index contributed by atoms with van der Waals surface area (Å²) >= 11 is 0. The Hall–Kier alpha value is -3.72. The van der Waals surface area contributed by atoms with Crippen molar-refractivity contribution in [3.63, 3.8) is 0 Å². The van der Waals surface area contributed by atoms with E-state index in [9.17, 15) is 4.79 Å². The molecule has 0 spiro atoms. The summed E-state index contributed by atoms with van der Waals surface area (Å²) in [7, 11) is 0. The molecule has 0 aliphatic carbocycles. The summed E-state index contributed by atoms with van der Waals surface area (Å²) in [4.78, 5) is 17.4. The molecule has 28 heavy (non-hydrogen) atoms. The first kappa shape index (κ1) is 19.1. The molecule has 0 atom stereocenters. The molecule has 0 bridgehead atoms. The zero-order chi connectivity index (χ0) is 19.6. The van der Waals surface area contributed by atoms with Crippen LogP contribution in [-0.2, 0) is 4.84 Å². The maximum Gasteiger partial charge on any atom is 0.365 e. The molecular formula is C25H21NO2. The van der Waals surface area contributed by atoms with Crippen molar-refractivity contribution < 1.29 is 9.63 Å². The highest BCUT2D eigenvalue weighted by atomic mass is 16.7. The third kappa shape index (κ3) is 5.92. The fourth-order valence-electron chi connectivity index (χ4n) is 2.44. The van der Waals surface area contributed by atoms with Gasteiger partial charge in [-0.2, -0.15) is 0 Å². The molecule has 0 saturated heterocycles. The summed E-state index contributed by atoms with van der Waals surface area (Å²) in [6, 6.07) is 27.0. The summed E-state index contributed by atoms with van der Waals surface area (Å²) in [6.45, 7) is 1.97. The lowest BCUT2D eigenvalue weighted by molar-refractivity contribution is 0.0517. The van der Waals surface area contributed by atoms with Crippen LogP contribution in [0.1, 0.15) is 27.0 Å². The fourth-order valence-corrected chi connectivity index (χ4v) is 2.44. The fraction of sp³-hybridized carbons (Fsp3) is 0.0400. The second-order valence-electron chi connectivity index (χ2n) is 6.25. The predicted octanol–water partition coefficient (Wildman–Crippen LogP) is 5.93. The van der Waals surface area contributed by atoms with Crippen LogP contribution >= 0.6 is 0 Å². The molecule has 3 nitrogen and oxygen atoms in total. The van der Waals surface area contributed by atoms with Gasteiger partial charge in [-0.15, -0.1) is 0 Å². The van der Waals surface area contributed by atoms with Gasteiger partial charge in [0.2, 0.25) is 0 Å². The van der Waals surface area contributed by atoms with Crippen LogP contribution in [0.3, 0.4) is 0 Å². The Labute approximate surface area is 165 Å². The van der Waals surface area contributed by atoms with Gasteiger partial charge in [-0.1, -0.05) is 95.7 Å². The number of hydrogen-bond donors (Lipinski definition) is 0. The van der Waals surface area contributed by atoms with Crippen molar-refractivity contribution in [3.8, 4) is 0 Å². The second-order valence-corrected chi connectivity index (χ2v) is 6.25. The van der Waals surface area contributed by atoms with Crippen molar-refractivity contribution in [2.24, 2.45) is 5.16 Å². The van der Waals surface area contributed by atoms with E-state index >= 15 is 0 Å². The smallest absolute Gasteiger partial charge is 0.312 e. The number of aryl methyl sites for hydroxylation is 1. The largest absolute Gasteiger partial charge is 0.365 e. The zero-order valence-electron chi connectivity index (χ0n) is 15.7. The average Bonchev–Trinajstić information content (AvgIpc) is 2.75. The highest BCUT2D eigenvalue weighted by molar-refractivity contribution is 6.08. The van der Waals surface area contributed by atoms with Crippen molar-refractivity contribution in [2.45, 2.75) is 6.92 Å². The maximum absolute atomic E-state index is 12.2. The van der Waals surface area contributed by atoms with Crippen molar-refractivity contribution in [3.05, 3.63) is 119 Å². The first-order chi connectivity index (χ1) is 13.7. The topological polar surface area (TPSA) is 38.7 Å². The predicted molar refractivity (Wildman–Crippen MR) is 115 cm³/mol. The monoisotopic (exact) mass is 367 g/mol. The van der Waals surface area contributed by atoms with Gasteiger partial charge in [0.25, 0.3) is 0 Å². The van der Waals surface area contributed by atoms with Crippen molar-refractivity contribution >= 4 is 23.8 Å². The number of nitrogens with zero attached hydrogens (tertiary/aromatic N) is 1. The molecule has 3 aromatic carbocycles. The van der Waals surface area contributed by atoms with Crippen LogP contribution in [0.2, 0.25) is 0 Å². The molecular weight excluding hydrogens is 346 g/mol. The standard InChI is InChI=1S/C25H21NO2/c1-20-12-16-23(17-13-20)25(27)28-26-24(18-14-21-8-4-2-5-9-21)19-15-22-10-6-3-7-11-22/h2-19H,1H3/b18-14+,19-15+. The van der Waals surface area contributed by atoms with Gasteiger partial charge >= 0.3 is 5.97 Å². The molecule has 0 aromatic heterocycles. The Bertz CT molecular complexity index is 934. The van der Waals surface area contributed by atoms with Crippen molar-refractivity contribution in [2.75, 3.05) is 0 Å². The molecule has 138 valence electrons. The number of rotatable bonds is 6. The van der Waals surface area contributed by atoms with Crippen molar-refractivity contribution in [1.82, 2.24) is 0 Å². The third-order valence-corrected chi connectivity index (χ3v) is 4.01. The summed E-state index contributed by atoms with van der Waals surface area (Å²) < 4.78 is 0. The summed E-state index contributed by atoms with van der Waals surface area (Å²) in [5.41, 5.74) is 4.15. The van der Waals surface area contributed by atoms with E-state index in [0.717, 1.165) is 16.7 Å². The first-order valence-electron chi connectivity index (χ1n) is 9.03. The van der Waals surface area contributed by atoms with E-state index in [1.54, 1.807) is 12.1 Å². The quantitative estimate of drug-likeness (QED) is 0.307. The number of carbonyl (C=O) groups excluding carboxylic acids is 1. The molecule has 0 unspecified atom stereocenters. The number of allylic oxidation sites excluding steroid dienone is 2. The minimum absolute atomic E-state index is 0.466. The molecule has 0 N–H and O–H groups in total. The SMILES string of the molecule is Cc1ccc(C(=O)ON=C(/C=C/c2ccccc2)/C=C/c2ccccc2)cc1. The maximum atomic E-state index is 12.2. The van der Waals surface area contributed by atoms with Crippen LogP contribution < -0.4 is 0 Å². The molecule has 3 aromatic rings. The van der Waals surface area contributed by atoms with E-state index in [1.165, 1.54) is 0 Å². The van der Waals surface area contributed by atoms with E-state index in [4.69, 9.17) is 4.84 Å². The van der Waals surface area contributed by atoms with E-state index < -0.39 is 5.97 Å². The summed E-state index contributed by atoms with van der Waals surface area (Å²) in [6.07, 6.45) is 7.48. The molecule has 0 saturated carbocycles. The van der Waals surface area contributed by atoms with Gasteiger partial charge in [-0.25, -0.2) is 4.79 Å². The van der Waals surface area contributed by atoms with Crippen LogP contribution in [0.15, 0.2) is 102 Å². The Morgan fingerprint density at radius 2 is 1.25 bits per heavy atom. The lowest BCUT2D eigenvalue weighted by Gasteiger charge is -2.00.